The van der Waals surface area contributed by atoms with Gasteiger partial charge in [0.1, 0.15) is 10.8 Å². The molecule has 4 rings (SSSR count). The van der Waals surface area contributed by atoms with Crippen molar-refractivity contribution in [1.29, 1.82) is 0 Å². The molecule has 1 aromatic heterocycles. The Balaban J connectivity index is 1.33. The molecule has 1 heterocycles. The van der Waals surface area contributed by atoms with Crippen LogP contribution in [0, 0.1) is 11.7 Å². The Labute approximate surface area is 177 Å². The Hall–Kier alpha value is -2.74. The number of amides is 1. The minimum absolute atomic E-state index is 0.00292. The summed E-state index contributed by atoms with van der Waals surface area (Å²) in [6.07, 6.45) is 3.27. The molecule has 2 aliphatic carbocycles. The van der Waals surface area contributed by atoms with Gasteiger partial charge in [-0.25, -0.2) is 9.18 Å². The van der Waals surface area contributed by atoms with Crippen LogP contribution in [-0.2, 0) is 31.9 Å². The molecule has 1 N–H and O–H groups in total. The third-order valence-corrected chi connectivity index (χ3v) is 6.60. The van der Waals surface area contributed by atoms with Crippen LogP contribution in [0.1, 0.15) is 52.0 Å². The van der Waals surface area contributed by atoms with Gasteiger partial charge in [-0.05, 0) is 61.8 Å². The van der Waals surface area contributed by atoms with E-state index in [-0.39, 0.29) is 24.3 Å². The maximum absolute atomic E-state index is 13.0. The molecule has 0 bridgehead atoms. The molecule has 2 unspecified atom stereocenters. The van der Waals surface area contributed by atoms with Gasteiger partial charge in [-0.3, -0.25) is 9.59 Å². The molecule has 2 aliphatic rings. The van der Waals surface area contributed by atoms with E-state index in [1.54, 1.807) is 19.1 Å². The number of fused-ring (bicyclic) bond motifs is 1. The number of esters is 2. The number of thiophene rings is 1. The Morgan fingerprint density at radius 1 is 1.17 bits per heavy atom. The van der Waals surface area contributed by atoms with Gasteiger partial charge in [-0.1, -0.05) is 12.1 Å². The molecule has 0 radical (unpaired) electrons. The van der Waals surface area contributed by atoms with Crippen LogP contribution in [0.4, 0.5) is 9.39 Å². The van der Waals surface area contributed by atoms with Crippen molar-refractivity contribution in [3.05, 3.63) is 51.7 Å². The molecule has 0 aliphatic heterocycles. The lowest BCUT2D eigenvalue weighted by molar-refractivity contribution is -0.148. The fourth-order valence-corrected chi connectivity index (χ4v) is 5.15. The SMILES string of the molecule is CCOC(=O)c1c(NC(=O)COC(=O)C2CC2c2ccc(F)cc2)sc2c1CCC2. The van der Waals surface area contributed by atoms with Crippen molar-refractivity contribution in [2.45, 2.75) is 38.5 Å². The van der Waals surface area contributed by atoms with Crippen molar-refractivity contribution in [1.82, 2.24) is 0 Å². The predicted molar refractivity (Wildman–Crippen MR) is 109 cm³/mol. The normalized spacial score (nSPS) is 19.1. The first-order valence-electron chi connectivity index (χ1n) is 10.0. The lowest BCUT2D eigenvalue weighted by Gasteiger charge is -2.08. The van der Waals surface area contributed by atoms with Crippen molar-refractivity contribution in [2.24, 2.45) is 5.92 Å². The molecule has 8 heteroatoms. The number of halogens is 1. The zero-order valence-corrected chi connectivity index (χ0v) is 17.4. The maximum atomic E-state index is 13.0. The van der Waals surface area contributed by atoms with Crippen LogP contribution in [0.25, 0.3) is 0 Å². The molecule has 1 amide bonds. The van der Waals surface area contributed by atoms with E-state index in [0.717, 1.165) is 35.3 Å². The van der Waals surface area contributed by atoms with Gasteiger partial charge < -0.3 is 14.8 Å². The number of nitrogens with one attached hydrogen (secondary N) is 1. The molecule has 1 aromatic carbocycles. The summed E-state index contributed by atoms with van der Waals surface area (Å²) in [5.74, 6) is -2.02. The minimum Gasteiger partial charge on any atom is -0.462 e. The maximum Gasteiger partial charge on any atom is 0.341 e. The molecule has 30 heavy (non-hydrogen) atoms. The molecular weight excluding hydrogens is 409 g/mol. The second-order valence-corrected chi connectivity index (χ2v) is 8.54. The highest BCUT2D eigenvalue weighted by Crippen LogP contribution is 2.48. The summed E-state index contributed by atoms with van der Waals surface area (Å²) >= 11 is 1.38. The second kappa shape index (κ2) is 8.55. The first kappa shape index (κ1) is 20.5. The van der Waals surface area contributed by atoms with Crippen molar-refractivity contribution >= 4 is 34.2 Å². The van der Waals surface area contributed by atoms with E-state index in [9.17, 15) is 18.8 Å². The minimum atomic E-state index is -0.493. The van der Waals surface area contributed by atoms with Crippen LogP contribution in [0.3, 0.4) is 0 Å². The number of carbonyl (C=O) groups excluding carboxylic acids is 3. The summed E-state index contributed by atoms with van der Waals surface area (Å²) < 4.78 is 23.3. The standard InChI is InChI=1S/C22H22FNO5S/c1-2-28-22(27)19-14-4-3-5-17(14)30-20(19)24-18(25)11-29-21(26)16-10-15(16)12-6-8-13(23)9-7-12/h6-9,15-16H,2-5,10-11H2,1H3,(H,24,25). The third kappa shape index (κ3) is 4.23. The third-order valence-electron chi connectivity index (χ3n) is 5.39. The van der Waals surface area contributed by atoms with Crippen LogP contribution in [0.2, 0.25) is 0 Å². The predicted octanol–water partition coefficient (Wildman–Crippen LogP) is 3.84. The zero-order valence-electron chi connectivity index (χ0n) is 16.5. The largest absolute Gasteiger partial charge is 0.462 e. The van der Waals surface area contributed by atoms with Gasteiger partial charge in [-0.15, -0.1) is 11.3 Å². The Morgan fingerprint density at radius 3 is 2.67 bits per heavy atom. The van der Waals surface area contributed by atoms with Crippen LogP contribution < -0.4 is 5.32 Å². The smallest absolute Gasteiger partial charge is 0.341 e. The number of ether oxygens (including phenoxy) is 2. The van der Waals surface area contributed by atoms with Crippen molar-refractivity contribution in [2.75, 3.05) is 18.5 Å². The number of aryl methyl sites for hydroxylation is 1. The highest BCUT2D eigenvalue weighted by atomic mass is 32.1. The number of hydrogen-bond donors (Lipinski definition) is 1. The Bertz CT molecular complexity index is 984. The van der Waals surface area contributed by atoms with Crippen LogP contribution in [0.5, 0.6) is 0 Å². The van der Waals surface area contributed by atoms with E-state index in [1.165, 1.54) is 23.5 Å². The van der Waals surface area contributed by atoms with Gasteiger partial charge >= 0.3 is 11.9 Å². The first-order chi connectivity index (χ1) is 14.5. The average molecular weight is 431 g/mol. The van der Waals surface area contributed by atoms with Gasteiger partial charge in [0.05, 0.1) is 18.1 Å². The van der Waals surface area contributed by atoms with Gasteiger partial charge in [0.25, 0.3) is 5.91 Å². The van der Waals surface area contributed by atoms with E-state index >= 15 is 0 Å². The Kier molecular flexibility index (Phi) is 5.85. The number of anilines is 1. The molecule has 158 valence electrons. The Morgan fingerprint density at radius 2 is 1.93 bits per heavy atom. The van der Waals surface area contributed by atoms with Crippen LogP contribution in [0.15, 0.2) is 24.3 Å². The highest BCUT2D eigenvalue weighted by molar-refractivity contribution is 7.17. The number of benzene rings is 1. The molecule has 1 saturated carbocycles. The fourth-order valence-electron chi connectivity index (χ4n) is 3.85. The zero-order chi connectivity index (χ0) is 21.3. The number of hydrogen-bond acceptors (Lipinski definition) is 6. The lowest BCUT2D eigenvalue weighted by Crippen LogP contribution is -2.22. The molecule has 6 nitrogen and oxygen atoms in total. The monoisotopic (exact) mass is 431 g/mol. The summed E-state index contributed by atoms with van der Waals surface area (Å²) in [4.78, 5) is 38.0. The van der Waals surface area contributed by atoms with Gasteiger partial charge in [-0.2, -0.15) is 0 Å². The molecule has 0 spiro atoms. The topological polar surface area (TPSA) is 81.7 Å². The summed E-state index contributed by atoms with van der Waals surface area (Å²) in [5, 5.41) is 3.16. The quantitative estimate of drug-likeness (QED) is 0.674. The average Bonchev–Trinajstić information content (AvgIpc) is 3.27. The molecule has 2 aromatic rings. The number of carbonyl (C=O) groups is 3. The highest BCUT2D eigenvalue weighted by Gasteiger charge is 2.45. The van der Waals surface area contributed by atoms with E-state index in [2.05, 4.69) is 5.32 Å². The van der Waals surface area contributed by atoms with Gasteiger partial charge in [0.15, 0.2) is 6.61 Å². The van der Waals surface area contributed by atoms with E-state index in [0.29, 0.717) is 17.0 Å². The molecular formula is C22H22FNO5S. The molecule has 2 atom stereocenters. The molecule has 1 fully saturated rings. The second-order valence-electron chi connectivity index (χ2n) is 7.44. The fraction of sp³-hybridized carbons (Fsp3) is 0.409. The lowest BCUT2D eigenvalue weighted by atomic mass is 10.1. The summed E-state index contributed by atoms with van der Waals surface area (Å²) in [6, 6.07) is 6.05. The summed E-state index contributed by atoms with van der Waals surface area (Å²) in [7, 11) is 0. The van der Waals surface area contributed by atoms with Gasteiger partial charge in [0.2, 0.25) is 0 Å². The van der Waals surface area contributed by atoms with Crippen LogP contribution in [-0.4, -0.2) is 31.1 Å². The summed E-state index contributed by atoms with van der Waals surface area (Å²) in [6.45, 7) is 1.57. The first-order valence-corrected chi connectivity index (χ1v) is 10.8. The van der Waals surface area contributed by atoms with Crippen LogP contribution >= 0.6 is 11.3 Å². The van der Waals surface area contributed by atoms with Gasteiger partial charge in [0, 0.05) is 4.88 Å². The molecule has 0 saturated heterocycles. The van der Waals surface area contributed by atoms with E-state index < -0.39 is 24.5 Å². The van der Waals surface area contributed by atoms with E-state index in [1.807, 2.05) is 0 Å². The van der Waals surface area contributed by atoms with Crippen molar-refractivity contribution in [3.8, 4) is 0 Å². The van der Waals surface area contributed by atoms with Crippen molar-refractivity contribution in [3.63, 3.8) is 0 Å². The number of rotatable bonds is 7. The van der Waals surface area contributed by atoms with Crippen molar-refractivity contribution < 1.29 is 28.2 Å². The summed E-state index contributed by atoms with van der Waals surface area (Å²) in [5.41, 5.74) is 2.26. The van der Waals surface area contributed by atoms with E-state index in [4.69, 9.17) is 9.47 Å².